The van der Waals surface area contributed by atoms with E-state index in [1.807, 2.05) is 18.8 Å². The summed E-state index contributed by atoms with van der Waals surface area (Å²) in [6, 6.07) is 3.57. The summed E-state index contributed by atoms with van der Waals surface area (Å²) < 4.78 is 5.32. The number of rotatable bonds is 1. The van der Waals surface area contributed by atoms with E-state index in [0.29, 0.717) is 5.76 Å². The molecule has 1 aliphatic heterocycles. The van der Waals surface area contributed by atoms with Crippen LogP contribution in [0.25, 0.3) is 0 Å². The third kappa shape index (κ3) is 2.23. The van der Waals surface area contributed by atoms with Gasteiger partial charge in [0.15, 0.2) is 13.6 Å². The molecule has 1 aromatic rings. The van der Waals surface area contributed by atoms with Crippen LogP contribution in [0.15, 0.2) is 16.5 Å². The highest BCUT2D eigenvalue weighted by molar-refractivity contribution is 6.30. The number of amides is 1. The second kappa shape index (κ2) is 4.10. The largest absolute Gasteiger partial charge is 0.467 e. The predicted molar refractivity (Wildman–Crippen MR) is 60.3 cm³/mol. The molecule has 0 atom stereocenters. The van der Waals surface area contributed by atoms with E-state index in [1.54, 1.807) is 6.07 Å². The molecule has 2 heterocycles. The normalized spacial score (nSPS) is 18.1. The summed E-state index contributed by atoms with van der Waals surface area (Å²) >= 11 is 0. The van der Waals surface area contributed by atoms with Crippen LogP contribution < -0.4 is 5.66 Å². The van der Waals surface area contributed by atoms with Crippen molar-refractivity contribution in [1.29, 1.82) is 0 Å². The summed E-state index contributed by atoms with van der Waals surface area (Å²) in [6.07, 6.45) is 0. The Hall–Kier alpha value is -1.23. The Bertz CT molecular complexity index is 356. The Morgan fingerprint density at radius 3 is 2.53 bits per heavy atom. The molecule has 0 aromatic carbocycles. The fourth-order valence-corrected chi connectivity index (χ4v) is 1.71. The molecule has 1 aliphatic rings. The third-order valence-electron chi connectivity index (χ3n) is 2.74. The summed E-state index contributed by atoms with van der Waals surface area (Å²) in [7, 11) is 3.92. The summed E-state index contributed by atoms with van der Waals surface area (Å²) in [4.78, 5) is 16.0. The van der Waals surface area contributed by atoms with Gasteiger partial charge < -0.3 is 14.2 Å². The van der Waals surface area contributed by atoms with E-state index in [4.69, 9.17) is 4.42 Å². The SMILES string of the molecule is Bc1ccc(C(=O)N2CCN(C)CC2)o1. The molecule has 15 heavy (non-hydrogen) atoms. The number of carbonyl (C=O) groups is 1. The van der Waals surface area contributed by atoms with E-state index >= 15 is 0 Å². The Morgan fingerprint density at radius 1 is 1.33 bits per heavy atom. The zero-order chi connectivity index (χ0) is 10.8. The number of hydrogen-bond acceptors (Lipinski definition) is 3. The van der Waals surface area contributed by atoms with Crippen molar-refractivity contribution in [2.45, 2.75) is 0 Å². The van der Waals surface area contributed by atoms with E-state index in [9.17, 15) is 4.79 Å². The number of furan rings is 1. The first-order valence-electron chi connectivity index (χ1n) is 5.21. The minimum atomic E-state index is 0.0104. The van der Waals surface area contributed by atoms with Gasteiger partial charge in [-0.3, -0.25) is 4.79 Å². The maximum absolute atomic E-state index is 11.9. The first kappa shape index (κ1) is 10.3. The smallest absolute Gasteiger partial charge is 0.289 e. The summed E-state index contributed by atoms with van der Waals surface area (Å²) in [5, 5.41) is 0. The van der Waals surface area contributed by atoms with Crippen molar-refractivity contribution in [3.63, 3.8) is 0 Å². The van der Waals surface area contributed by atoms with Gasteiger partial charge in [-0.2, -0.15) is 0 Å². The maximum Gasteiger partial charge on any atom is 0.289 e. The van der Waals surface area contributed by atoms with E-state index in [0.717, 1.165) is 31.8 Å². The van der Waals surface area contributed by atoms with Crippen molar-refractivity contribution >= 4 is 19.4 Å². The molecular formula is C10H15BN2O2. The van der Waals surface area contributed by atoms with Gasteiger partial charge in [0.1, 0.15) is 0 Å². The van der Waals surface area contributed by atoms with Gasteiger partial charge in [0.2, 0.25) is 0 Å². The Kier molecular flexibility index (Phi) is 2.82. The second-order valence-corrected chi connectivity index (χ2v) is 4.01. The molecule has 4 nitrogen and oxygen atoms in total. The van der Waals surface area contributed by atoms with Gasteiger partial charge in [-0.05, 0) is 19.2 Å². The third-order valence-corrected chi connectivity index (χ3v) is 2.74. The molecule has 1 fully saturated rings. The van der Waals surface area contributed by atoms with Crippen LogP contribution in [0.1, 0.15) is 10.6 Å². The van der Waals surface area contributed by atoms with Crippen molar-refractivity contribution in [2.75, 3.05) is 33.2 Å². The van der Waals surface area contributed by atoms with Crippen molar-refractivity contribution in [1.82, 2.24) is 9.80 Å². The van der Waals surface area contributed by atoms with Crippen molar-refractivity contribution < 1.29 is 9.21 Å². The van der Waals surface area contributed by atoms with E-state index in [2.05, 4.69) is 11.9 Å². The topological polar surface area (TPSA) is 36.7 Å². The number of hydrogen-bond donors (Lipinski definition) is 0. The van der Waals surface area contributed by atoms with Crippen LogP contribution in [0.5, 0.6) is 0 Å². The summed E-state index contributed by atoms with van der Waals surface area (Å²) in [5.74, 6) is 0.466. The van der Waals surface area contributed by atoms with Crippen molar-refractivity contribution in [3.05, 3.63) is 17.9 Å². The lowest BCUT2D eigenvalue weighted by molar-refractivity contribution is 0.0634. The fraction of sp³-hybridized carbons (Fsp3) is 0.500. The molecule has 0 saturated carbocycles. The van der Waals surface area contributed by atoms with E-state index < -0.39 is 0 Å². The molecular weight excluding hydrogens is 191 g/mol. The van der Waals surface area contributed by atoms with Gasteiger partial charge in [0.25, 0.3) is 5.91 Å². The average Bonchev–Trinajstić information content (AvgIpc) is 2.65. The number of piperazine rings is 1. The Labute approximate surface area is 90.2 Å². The Morgan fingerprint density at radius 2 is 2.00 bits per heavy atom. The van der Waals surface area contributed by atoms with Gasteiger partial charge in [-0.1, -0.05) is 0 Å². The van der Waals surface area contributed by atoms with Gasteiger partial charge in [0, 0.05) is 26.2 Å². The monoisotopic (exact) mass is 206 g/mol. The van der Waals surface area contributed by atoms with Crippen molar-refractivity contribution in [2.24, 2.45) is 0 Å². The average molecular weight is 206 g/mol. The van der Waals surface area contributed by atoms with Gasteiger partial charge in [0.05, 0.1) is 5.66 Å². The minimum Gasteiger partial charge on any atom is -0.467 e. The molecule has 5 heteroatoms. The first-order valence-corrected chi connectivity index (χ1v) is 5.21. The number of nitrogens with zero attached hydrogens (tertiary/aromatic N) is 2. The lowest BCUT2D eigenvalue weighted by atomic mass is 10.1. The van der Waals surface area contributed by atoms with Gasteiger partial charge in [-0.15, -0.1) is 0 Å². The number of carbonyl (C=O) groups excluding carboxylic acids is 1. The highest BCUT2D eigenvalue weighted by Gasteiger charge is 2.22. The van der Waals surface area contributed by atoms with Crippen LogP contribution in [-0.2, 0) is 0 Å². The van der Waals surface area contributed by atoms with E-state index in [-0.39, 0.29) is 5.91 Å². The zero-order valence-corrected chi connectivity index (χ0v) is 9.19. The predicted octanol–water partition coefficient (Wildman–Crippen LogP) is -1.07. The minimum absolute atomic E-state index is 0.0104. The van der Waals surface area contributed by atoms with Gasteiger partial charge in [-0.25, -0.2) is 0 Å². The van der Waals surface area contributed by atoms with Gasteiger partial charge >= 0.3 is 0 Å². The van der Waals surface area contributed by atoms with Crippen LogP contribution in [0.4, 0.5) is 0 Å². The quantitative estimate of drug-likeness (QED) is 0.549. The molecule has 0 N–H and O–H groups in total. The van der Waals surface area contributed by atoms with Crippen LogP contribution in [-0.4, -0.2) is 56.8 Å². The maximum atomic E-state index is 11.9. The van der Waals surface area contributed by atoms with Crippen molar-refractivity contribution in [3.8, 4) is 0 Å². The van der Waals surface area contributed by atoms with E-state index in [1.165, 1.54) is 0 Å². The lowest BCUT2D eigenvalue weighted by Crippen LogP contribution is -2.47. The lowest BCUT2D eigenvalue weighted by Gasteiger charge is -2.31. The fourth-order valence-electron chi connectivity index (χ4n) is 1.71. The molecule has 1 aromatic heterocycles. The molecule has 0 bridgehead atoms. The zero-order valence-electron chi connectivity index (χ0n) is 9.19. The molecule has 2 rings (SSSR count). The first-order chi connectivity index (χ1) is 7.16. The summed E-state index contributed by atoms with van der Waals surface area (Å²) in [6.45, 7) is 3.45. The highest BCUT2D eigenvalue weighted by atomic mass is 16.3. The molecule has 0 spiro atoms. The molecule has 0 unspecified atom stereocenters. The van der Waals surface area contributed by atoms with Crippen LogP contribution in [0.2, 0.25) is 0 Å². The molecule has 1 saturated heterocycles. The molecule has 1 amide bonds. The number of likely N-dealkylation sites (N-methyl/N-ethyl adjacent to an activating group) is 1. The summed E-state index contributed by atoms with van der Waals surface area (Å²) in [5.41, 5.74) is 0.785. The molecule has 0 radical (unpaired) electrons. The standard InChI is InChI=1S/C10H15BN2O2/c1-12-4-6-13(7-5-12)10(14)8-2-3-9(11)15-8/h2-3H,4-7,11H2,1H3. The van der Waals surface area contributed by atoms with Crippen LogP contribution in [0, 0.1) is 0 Å². The van der Waals surface area contributed by atoms with Crippen LogP contribution in [0.3, 0.4) is 0 Å². The highest BCUT2D eigenvalue weighted by Crippen LogP contribution is 2.07. The van der Waals surface area contributed by atoms with Crippen LogP contribution >= 0.6 is 0 Å². The molecule has 80 valence electrons. The second-order valence-electron chi connectivity index (χ2n) is 4.01. The molecule has 0 aliphatic carbocycles. The Balaban J connectivity index is 2.02.